The van der Waals surface area contributed by atoms with Gasteiger partial charge in [-0.2, -0.15) is 0 Å². The third-order valence-corrected chi connectivity index (χ3v) is 5.05. The summed E-state index contributed by atoms with van der Waals surface area (Å²) in [6.07, 6.45) is 8.14. The number of carboxylic acids is 1. The normalized spacial score (nSPS) is 35.5. The first-order valence-corrected chi connectivity index (χ1v) is 7.77. The van der Waals surface area contributed by atoms with E-state index in [0.29, 0.717) is 13.0 Å². The molecule has 1 amide bonds. The highest BCUT2D eigenvalue weighted by atomic mass is 16.5. The van der Waals surface area contributed by atoms with Crippen LogP contribution in [0.1, 0.15) is 51.4 Å². The lowest BCUT2D eigenvalue weighted by Gasteiger charge is -2.43. The molecule has 2 N–H and O–H groups in total. The van der Waals surface area contributed by atoms with Gasteiger partial charge in [0.15, 0.2) is 0 Å². The summed E-state index contributed by atoms with van der Waals surface area (Å²) in [4.78, 5) is 22.9. The molecule has 0 radical (unpaired) electrons. The lowest BCUT2D eigenvalue weighted by molar-refractivity contribution is -0.141. The summed E-state index contributed by atoms with van der Waals surface area (Å²) >= 11 is 0. The zero-order chi connectivity index (χ0) is 14.2. The van der Waals surface area contributed by atoms with Crippen LogP contribution in [0.2, 0.25) is 0 Å². The Hall–Kier alpha value is -1.10. The van der Waals surface area contributed by atoms with Gasteiger partial charge in [0.1, 0.15) is 0 Å². The summed E-state index contributed by atoms with van der Waals surface area (Å²) in [6.45, 7) is 0.706. The topological polar surface area (TPSA) is 75.6 Å². The summed E-state index contributed by atoms with van der Waals surface area (Å²) in [6, 6.07) is 0.157. The van der Waals surface area contributed by atoms with Crippen LogP contribution in [0.5, 0.6) is 0 Å². The van der Waals surface area contributed by atoms with Gasteiger partial charge < -0.3 is 15.2 Å². The molecule has 5 heteroatoms. The number of carbonyl (C=O) groups is 2. The van der Waals surface area contributed by atoms with Gasteiger partial charge in [-0.3, -0.25) is 9.59 Å². The van der Waals surface area contributed by atoms with Crippen molar-refractivity contribution < 1.29 is 19.4 Å². The van der Waals surface area contributed by atoms with Crippen molar-refractivity contribution in [1.29, 1.82) is 0 Å². The lowest BCUT2D eigenvalue weighted by atomic mass is 9.78. The predicted octanol–water partition coefficient (Wildman–Crippen LogP) is 1.71. The molecule has 3 atom stereocenters. The number of ether oxygens (including phenoxy) is 1. The van der Waals surface area contributed by atoms with Crippen molar-refractivity contribution in [2.45, 2.75) is 63.0 Å². The van der Waals surface area contributed by atoms with E-state index in [0.717, 1.165) is 25.7 Å². The Morgan fingerprint density at radius 1 is 1.15 bits per heavy atom. The molecule has 0 aromatic rings. The number of hydrogen-bond donors (Lipinski definition) is 2. The van der Waals surface area contributed by atoms with E-state index >= 15 is 0 Å². The first kappa shape index (κ1) is 13.9. The minimum absolute atomic E-state index is 0.0236. The number of carbonyl (C=O) groups excluding carboxylic acids is 1. The van der Waals surface area contributed by atoms with Crippen molar-refractivity contribution in [1.82, 2.24) is 5.32 Å². The third kappa shape index (κ3) is 2.82. The fourth-order valence-corrected chi connectivity index (χ4v) is 3.76. The van der Waals surface area contributed by atoms with Crippen molar-refractivity contribution in [3.63, 3.8) is 0 Å². The first-order valence-electron chi connectivity index (χ1n) is 7.77. The van der Waals surface area contributed by atoms with Gasteiger partial charge in [0.05, 0.1) is 17.4 Å². The minimum atomic E-state index is -0.846. The van der Waals surface area contributed by atoms with Crippen molar-refractivity contribution in [2.75, 3.05) is 6.61 Å². The number of nitrogens with one attached hydrogen (secondary N) is 1. The molecular weight excluding hydrogens is 258 g/mol. The molecule has 1 aliphatic heterocycles. The first-order chi connectivity index (χ1) is 9.60. The summed E-state index contributed by atoms with van der Waals surface area (Å²) in [7, 11) is 0. The molecule has 5 nitrogen and oxygen atoms in total. The fraction of sp³-hybridized carbons (Fsp3) is 0.867. The Labute approximate surface area is 119 Å². The van der Waals surface area contributed by atoms with E-state index in [1.807, 2.05) is 0 Å². The third-order valence-electron chi connectivity index (χ3n) is 5.05. The Morgan fingerprint density at radius 2 is 1.90 bits per heavy atom. The second-order valence-corrected chi connectivity index (χ2v) is 6.58. The number of hydrogen-bond acceptors (Lipinski definition) is 3. The van der Waals surface area contributed by atoms with Gasteiger partial charge in [0, 0.05) is 12.6 Å². The fourth-order valence-electron chi connectivity index (χ4n) is 3.76. The number of carboxylic acid groups (broad SMARTS) is 1. The second-order valence-electron chi connectivity index (χ2n) is 6.58. The van der Waals surface area contributed by atoms with Gasteiger partial charge in [0.25, 0.3) is 0 Å². The molecule has 3 rings (SSSR count). The molecule has 1 saturated heterocycles. The van der Waals surface area contributed by atoms with Crippen LogP contribution in [0.25, 0.3) is 0 Å². The smallest absolute Gasteiger partial charge is 0.307 e. The van der Waals surface area contributed by atoms with Crippen LogP contribution in [0.15, 0.2) is 0 Å². The summed E-state index contributed by atoms with van der Waals surface area (Å²) in [5.41, 5.74) is -0.0236. The summed E-state index contributed by atoms with van der Waals surface area (Å²) in [5.74, 6) is -1.69. The molecule has 0 aromatic heterocycles. The van der Waals surface area contributed by atoms with Gasteiger partial charge in [-0.25, -0.2) is 0 Å². The Balaban J connectivity index is 1.53. The highest BCUT2D eigenvalue weighted by Crippen LogP contribution is 2.41. The van der Waals surface area contributed by atoms with Crippen molar-refractivity contribution >= 4 is 11.9 Å². The maximum absolute atomic E-state index is 12.0. The molecule has 112 valence electrons. The standard InChI is InChI=1S/C15H23NO4/c17-13(11-8-12(11)14(18)19)16-10-4-7-20-15(9-10)5-2-1-3-6-15/h10-12H,1-9H2,(H,16,17)(H,18,19). The van der Waals surface area contributed by atoms with Gasteiger partial charge >= 0.3 is 5.97 Å². The molecule has 3 aliphatic rings. The molecular formula is C15H23NO4. The summed E-state index contributed by atoms with van der Waals surface area (Å²) < 4.78 is 6.01. The molecule has 20 heavy (non-hydrogen) atoms. The van der Waals surface area contributed by atoms with Crippen LogP contribution < -0.4 is 5.32 Å². The summed E-state index contributed by atoms with van der Waals surface area (Å²) in [5, 5.41) is 11.9. The van der Waals surface area contributed by atoms with Crippen LogP contribution in [0.3, 0.4) is 0 Å². The van der Waals surface area contributed by atoms with Crippen molar-refractivity contribution in [3.05, 3.63) is 0 Å². The predicted molar refractivity (Wildman–Crippen MR) is 72.2 cm³/mol. The minimum Gasteiger partial charge on any atom is -0.481 e. The maximum Gasteiger partial charge on any atom is 0.307 e. The van der Waals surface area contributed by atoms with E-state index in [1.54, 1.807) is 0 Å². The molecule has 0 bridgehead atoms. The second kappa shape index (κ2) is 5.35. The molecule has 1 heterocycles. The van der Waals surface area contributed by atoms with E-state index in [-0.39, 0.29) is 23.5 Å². The lowest BCUT2D eigenvalue weighted by Crippen LogP contribution is -2.49. The van der Waals surface area contributed by atoms with Crippen LogP contribution in [0.4, 0.5) is 0 Å². The van der Waals surface area contributed by atoms with Gasteiger partial charge in [-0.05, 0) is 32.1 Å². The van der Waals surface area contributed by atoms with Gasteiger partial charge in [-0.15, -0.1) is 0 Å². The number of rotatable bonds is 3. The molecule has 3 fully saturated rings. The Kier molecular flexibility index (Phi) is 3.71. The largest absolute Gasteiger partial charge is 0.481 e. The van der Waals surface area contributed by atoms with Gasteiger partial charge in [-0.1, -0.05) is 19.3 Å². The van der Waals surface area contributed by atoms with E-state index in [4.69, 9.17) is 9.84 Å². The quantitative estimate of drug-likeness (QED) is 0.825. The molecule has 2 aliphatic carbocycles. The van der Waals surface area contributed by atoms with E-state index in [2.05, 4.69) is 5.32 Å². The van der Waals surface area contributed by atoms with Crippen molar-refractivity contribution in [2.24, 2.45) is 11.8 Å². The van der Waals surface area contributed by atoms with Crippen LogP contribution in [-0.4, -0.2) is 35.2 Å². The van der Waals surface area contributed by atoms with Gasteiger partial charge in [0.2, 0.25) is 5.91 Å². The molecule has 2 saturated carbocycles. The molecule has 3 unspecified atom stereocenters. The zero-order valence-electron chi connectivity index (χ0n) is 11.8. The van der Waals surface area contributed by atoms with Crippen LogP contribution >= 0.6 is 0 Å². The van der Waals surface area contributed by atoms with Crippen molar-refractivity contribution in [3.8, 4) is 0 Å². The average molecular weight is 281 g/mol. The van der Waals surface area contributed by atoms with E-state index in [1.165, 1.54) is 19.3 Å². The van der Waals surface area contributed by atoms with Crippen LogP contribution in [-0.2, 0) is 14.3 Å². The highest BCUT2D eigenvalue weighted by molar-refractivity contribution is 5.89. The highest BCUT2D eigenvalue weighted by Gasteiger charge is 2.49. The SMILES string of the molecule is O=C(O)C1CC1C(=O)NC1CCOC2(CCCCC2)C1. The monoisotopic (exact) mass is 281 g/mol. The molecule has 0 aromatic carbocycles. The molecule has 1 spiro atoms. The zero-order valence-corrected chi connectivity index (χ0v) is 11.8. The van der Waals surface area contributed by atoms with E-state index < -0.39 is 11.9 Å². The van der Waals surface area contributed by atoms with E-state index in [9.17, 15) is 9.59 Å². The Bertz CT molecular complexity index is 397. The average Bonchev–Trinajstić information content (AvgIpc) is 3.20. The maximum atomic E-state index is 12.0. The van der Waals surface area contributed by atoms with Crippen LogP contribution in [0, 0.1) is 11.8 Å². The number of aliphatic carboxylic acids is 1. The number of amides is 1. The Morgan fingerprint density at radius 3 is 2.55 bits per heavy atom.